The molecular weight excluding hydrogens is 348 g/mol. The number of hydrogen-bond donors (Lipinski definition) is 0. The molecule has 0 heterocycles. The monoisotopic (exact) mass is 398 g/mol. The zero-order valence-electron chi connectivity index (χ0n) is 20.8. The van der Waals surface area contributed by atoms with Crippen LogP contribution in [0.4, 0.5) is 0 Å². The molecule has 0 nitrogen and oxygen atoms in total. The second-order valence-electron chi connectivity index (χ2n) is 14.3. The highest BCUT2D eigenvalue weighted by Crippen LogP contribution is 2.74. The molecule has 0 spiro atoms. The van der Waals surface area contributed by atoms with E-state index < -0.39 is 0 Å². The van der Waals surface area contributed by atoms with Gasteiger partial charge in [0.2, 0.25) is 0 Å². The van der Waals surface area contributed by atoms with Crippen LogP contribution in [-0.4, -0.2) is 0 Å². The van der Waals surface area contributed by atoms with Crippen LogP contribution in [-0.2, 0) is 0 Å². The minimum absolute atomic E-state index is 0.609. The van der Waals surface area contributed by atoms with E-state index in [0.717, 1.165) is 53.3 Å². The van der Waals surface area contributed by atoms with Gasteiger partial charge < -0.3 is 0 Å². The van der Waals surface area contributed by atoms with Crippen molar-refractivity contribution >= 4 is 0 Å². The first kappa shape index (κ1) is 20.9. The van der Waals surface area contributed by atoms with Gasteiger partial charge in [0.15, 0.2) is 0 Å². The molecule has 11 atom stereocenters. The maximum Gasteiger partial charge on any atom is -0.0261 e. The Balaban J connectivity index is 1.40. The molecule has 0 aromatic heterocycles. The molecule has 166 valence electrons. The molecule has 5 aliphatic rings. The van der Waals surface area contributed by atoms with Gasteiger partial charge in [0.1, 0.15) is 0 Å². The number of hydrogen-bond acceptors (Lipinski definition) is 0. The SMILES string of the molecule is CC(C)CC1(C)CC2CC3C4CCC5CC(C)CCC5(C)C4CCC3(C)C2C1C. The summed E-state index contributed by atoms with van der Waals surface area (Å²) in [6.07, 6.45) is 15.4. The lowest BCUT2D eigenvalue weighted by Gasteiger charge is -2.61. The van der Waals surface area contributed by atoms with Gasteiger partial charge in [0.05, 0.1) is 0 Å². The summed E-state index contributed by atoms with van der Waals surface area (Å²) in [5.74, 6) is 9.07. The van der Waals surface area contributed by atoms with Crippen LogP contribution in [0.25, 0.3) is 0 Å². The fourth-order valence-electron chi connectivity index (χ4n) is 11.3. The number of fused-ring (bicyclic) bond motifs is 7. The highest BCUT2D eigenvalue weighted by Gasteiger charge is 2.66. The molecule has 0 aliphatic heterocycles. The maximum absolute atomic E-state index is 2.79. The average molecular weight is 399 g/mol. The van der Waals surface area contributed by atoms with E-state index in [9.17, 15) is 0 Å². The first-order valence-electron chi connectivity index (χ1n) is 13.6. The van der Waals surface area contributed by atoms with E-state index >= 15 is 0 Å². The zero-order chi connectivity index (χ0) is 20.8. The van der Waals surface area contributed by atoms with Crippen LogP contribution in [0, 0.1) is 69.5 Å². The summed E-state index contributed by atoms with van der Waals surface area (Å²) in [7, 11) is 0. The predicted molar refractivity (Wildman–Crippen MR) is 125 cm³/mol. The summed E-state index contributed by atoms with van der Waals surface area (Å²) in [5, 5.41) is 0. The van der Waals surface area contributed by atoms with Crippen molar-refractivity contribution in [2.24, 2.45) is 69.5 Å². The lowest BCUT2D eigenvalue weighted by molar-refractivity contribution is -0.122. The summed E-state index contributed by atoms with van der Waals surface area (Å²) in [4.78, 5) is 0. The van der Waals surface area contributed by atoms with Crippen LogP contribution in [0.3, 0.4) is 0 Å². The van der Waals surface area contributed by atoms with Gasteiger partial charge in [-0.2, -0.15) is 0 Å². The Morgan fingerprint density at radius 1 is 0.828 bits per heavy atom. The Hall–Kier alpha value is 0. The molecule has 5 aliphatic carbocycles. The van der Waals surface area contributed by atoms with Crippen molar-refractivity contribution in [2.45, 2.75) is 113 Å². The van der Waals surface area contributed by atoms with Crippen LogP contribution in [0.15, 0.2) is 0 Å². The summed E-state index contributed by atoms with van der Waals surface area (Å²) in [5.41, 5.74) is 1.95. The normalized spacial score (nSPS) is 59.2. The smallest absolute Gasteiger partial charge is 0.0261 e. The fraction of sp³-hybridized carbons (Fsp3) is 1.00. The van der Waals surface area contributed by atoms with Crippen LogP contribution in [0.5, 0.6) is 0 Å². The Labute approximate surface area is 182 Å². The van der Waals surface area contributed by atoms with Crippen molar-refractivity contribution in [3.8, 4) is 0 Å². The summed E-state index contributed by atoms with van der Waals surface area (Å²) in [6, 6.07) is 0. The summed E-state index contributed by atoms with van der Waals surface area (Å²) < 4.78 is 0. The first-order valence-corrected chi connectivity index (χ1v) is 13.6. The van der Waals surface area contributed by atoms with E-state index in [4.69, 9.17) is 0 Å². The molecular formula is C29H50. The Bertz CT molecular complexity index is 634. The van der Waals surface area contributed by atoms with Gasteiger partial charge >= 0.3 is 0 Å². The third-order valence-electron chi connectivity index (χ3n) is 12.4. The lowest BCUT2D eigenvalue weighted by atomic mass is 9.44. The molecule has 5 rings (SSSR count). The molecule has 0 saturated heterocycles. The molecule has 0 radical (unpaired) electrons. The van der Waals surface area contributed by atoms with Crippen molar-refractivity contribution in [1.29, 1.82) is 0 Å². The Kier molecular flexibility index (Phi) is 4.86. The minimum Gasteiger partial charge on any atom is -0.0628 e. The molecule has 5 saturated carbocycles. The van der Waals surface area contributed by atoms with E-state index in [-0.39, 0.29) is 0 Å². The van der Waals surface area contributed by atoms with Crippen molar-refractivity contribution in [2.75, 3.05) is 0 Å². The van der Waals surface area contributed by atoms with E-state index in [1.165, 1.54) is 25.7 Å². The van der Waals surface area contributed by atoms with Gasteiger partial charge in [0, 0.05) is 0 Å². The van der Waals surface area contributed by atoms with Crippen LogP contribution >= 0.6 is 0 Å². The molecule has 11 unspecified atom stereocenters. The summed E-state index contributed by atoms with van der Waals surface area (Å²) in [6.45, 7) is 18.3. The quantitative estimate of drug-likeness (QED) is 0.437. The zero-order valence-corrected chi connectivity index (χ0v) is 20.8. The highest BCUT2D eigenvalue weighted by molar-refractivity contribution is 5.15. The van der Waals surface area contributed by atoms with Crippen molar-refractivity contribution in [3.05, 3.63) is 0 Å². The highest BCUT2D eigenvalue weighted by atomic mass is 14.7. The van der Waals surface area contributed by atoms with Gasteiger partial charge in [-0.1, -0.05) is 54.9 Å². The van der Waals surface area contributed by atoms with Crippen molar-refractivity contribution < 1.29 is 0 Å². The molecule has 0 aromatic carbocycles. The Morgan fingerprint density at radius 3 is 2.28 bits per heavy atom. The van der Waals surface area contributed by atoms with Crippen LogP contribution < -0.4 is 0 Å². The molecule has 0 heteroatoms. The van der Waals surface area contributed by atoms with Crippen molar-refractivity contribution in [1.82, 2.24) is 0 Å². The van der Waals surface area contributed by atoms with E-state index in [1.54, 1.807) is 38.5 Å². The fourth-order valence-corrected chi connectivity index (χ4v) is 11.3. The third-order valence-corrected chi connectivity index (χ3v) is 12.4. The molecule has 0 amide bonds. The third kappa shape index (κ3) is 2.88. The summed E-state index contributed by atoms with van der Waals surface area (Å²) >= 11 is 0. The molecule has 5 fully saturated rings. The van der Waals surface area contributed by atoms with E-state index in [2.05, 4.69) is 48.5 Å². The average Bonchev–Trinajstić information content (AvgIpc) is 3.05. The van der Waals surface area contributed by atoms with Gasteiger partial charge in [0.25, 0.3) is 0 Å². The molecule has 0 aromatic rings. The minimum atomic E-state index is 0.609. The molecule has 29 heavy (non-hydrogen) atoms. The first-order chi connectivity index (χ1) is 13.6. The van der Waals surface area contributed by atoms with E-state index in [1.807, 2.05) is 0 Å². The largest absolute Gasteiger partial charge is 0.0628 e. The predicted octanol–water partition coefficient (Wildman–Crippen LogP) is 8.60. The van der Waals surface area contributed by atoms with Crippen LogP contribution in [0.2, 0.25) is 0 Å². The maximum atomic E-state index is 2.79. The number of rotatable bonds is 2. The molecule has 0 N–H and O–H groups in total. The van der Waals surface area contributed by atoms with Crippen molar-refractivity contribution in [3.63, 3.8) is 0 Å². The topological polar surface area (TPSA) is 0 Å². The van der Waals surface area contributed by atoms with Gasteiger partial charge in [-0.15, -0.1) is 0 Å². The van der Waals surface area contributed by atoms with Gasteiger partial charge in [-0.25, -0.2) is 0 Å². The second-order valence-corrected chi connectivity index (χ2v) is 14.3. The molecule has 0 bridgehead atoms. The standard InChI is InChI=1S/C29H50/c1-18(2)16-27(5)17-21-15-25-23-9-8-22-14-19(3)10-12-28(22,6)24(23)11-13-29(25,7)26(21)20(27)4/h18-26H,8-17H2,1-7H3. The lowest BCUT2D eigenvalue weighted by Crippen LogP contribution is -2.53. The van der Waals surface area contributed by atoms with E-state index in [0.29, 0.717) is 16.2 Å². The Morgan fingerprint density at radius 2 is 1.55 bits per heavy atom. The van der Waals surface area contributed by atoms with Gasteiger partial charge in [-0.05, 0) is 127 Å². The van der Waals surface area contributed by atoms with Crippen LogP contribution in [0.1, 0.15) is 113 Å². The van der Waals surface area contributed by atoms with Gasteiger partial charge in [-0.3, -0.25) is 0 Å². The second kappa shape index (κ2) is 6.75.